The van der Waals surface area contributed by atoms with Gasteiger partial charge in [-0.25, -0.2) is 19.1 Å². The molecule has 0 radical (unpaired) electrons. The molecule has 0 aliphatic carbocycles. The van der Waals surface area contributed by atoms with E-state index in [1.54, 1.807) is 0 Å². The highest BCUT2D eigenvalue weighted by Crippen LogP contribution is 2.43. The number of hydrogen-bond donors (Lipinski definition) is 1. The van der Waals surface area contributed by atoms with Crippen LogP contribution in [0.3, 0.4) is 0 Å². The van der Waals surface area contributed by atoms with Gasteiger partial charge in [-0.2, -0.15) is 0 Å². The van der Waals surface area contributed by atoms with Crippen molar-refractivity contribution in [3.8, 4) is 0 Å². The zero-order valence-corrected chi connectivity index (χ0v) is 14.6. The molecule has 0 spiro atoms. The third kappa shape index (κ3) is 20.7. The largest absolute Gasteiger partial charge is 0.472 e. The first-order valence-corrected chi connectivity index (χ1v) is 8.87. The molecule has 0 aromatic rings. The van der Waals surface area contributed by atoms with Gasteiger partial charge in [0.25, 0.3) is 0 Å². The minimum absolute atomic E-state index is 0.0973. The van der Waals surface area contributed by atoms with Crippen LogP contribution in [0, 0.1) is 0 Å². The quantitative estimate of drug-likeness (QED) is 0.144. The van der Waals surface area contributed by atoms with E-state index in [4.69, 9.17) is 13.9 Å². The molecule has 1 N–H and O–H groups in total. The zero-order chi connectivity index (χ0) is 18.0. The number of hydrogen-bond acceptors (Lipinski definition) is 7. The van der Waals surface area contributed by atoms with E-state index < -0.39 is 13.8 Å². The molecule has 0 unspecified atom stereocenters. The molecular formula is C14H26NO7P. The standard InChI is InChI=1S/C8H19O4P.C6H7NO3/c1-3-5-7-11-13(9,10)12-8-6-4-2;1-2-6(9)10-4-3-7-5-8/h3-8H2,1-2H3,(H,9,10);2H,1,3-4H2. The van der Waals surface area contributed by atoms with E-state index in [9.17, 15) is 14.2 Å². The summed E-state index contributed by atoms with van der Waals surface area (Å²) in [5.41, 5.74) is 0. The molecule has 0 saturated heterocycles. The highest BCUT2D eigenvalue weighted by Gasteiger charge is 2.19. The molecule has 0 fully saturated rings. The van der Waals surface area contributed by atoms with Crippen molar-refractivity contribution in [2.45, 2.75) is 39.5 Å². The van der Waals surface area contributed by atoms with Crippen LogP contribution in [0.25, 0.3) is 0 Å². The van der Waals surface area contributed by atoms with Crippen LogP contribution in [0.5, 0.6) is 0 Å². The lowest BCUT2D eigenvalue weighted by atomic mass is 10.4. The number of ether oxygens (including phenoxy) is 1. The number of carbonyl (C=O) groups excluding carboxylic acids is 2. The van der Waals surface area contributed by atoms with Crippen LogP contribution in [-0.4, -0.2) is 43.3 Å². The Balaban J connectivity index is 0. The first-order valence-electron chi connectivity index (χ1n) is 7.38. The summed E-state index contributed by atoms with van der Waals surface area (Å²) < 4.78 is 24.9. The molecule has 134 valence electrons. The number of nitrogens with zero attached hydrogens (tertiary/aromatic N) is 1. The average Bonchev–Trinajstić information content (AvgIpc) is 2.52. The van der Waals surface area contributed by atoms with Gasteiger partial charge in [0, 0.05) is 6.08 Å². The highest BCUT2D eigenvalue weighted by molar-refractivity contribution is 7.47. The van der Waals surface area contributed by atoms with Gasteiger partial charge in [-0.05, 0) is 12.8 Å². The van der Waals surface area contributed by atoms with Gasteiger partial charge in [0.15, 0.2) is 0 Å². The molecular weight excluding hydrogens is 325 g/mol. The first-order chi connectivity index (χ1) is 10.9. The Morgan fingerprint density at radius 3 is 2.13 bits per heavy atom. The molecule has 0 aliphatic heterocycles. The second-order valence-electron chi connectivity index (χ2n) is 4.19. The Kier molecular flexibility index (Phi) is 17.8. The Bertz CT molecular complexity index is 394. The molecule has 0 aliphatic rings. The number of phosphoric acid groups is 1. The smallest absolute Gasteiger partial charge is 0.461 e. The SMILES string of the molecule is C=CC(=O)OCCN=C=O.CCCCOP(=O)(O)OCCCC. The van der Waals surface area contributed by atoms with Crippen LogP contribution in [0.2, 0.25) is 0 Å². The monoisotopic (exact) mass is 351 g/mol. The average molecular weight is 351 g/mol. The van der Waals surface area contributed by atoms with Gasteiger partial charge < -0.3 is 9.63 Å². The van der Waals surface area contributed by atoms with E-state index in [2.05, 4.69) is 16.3 Å². The maximum Gasteiger partial charge on any atom is 0.472 e. The van der Waals surface area contributed by atoms with Crippen molar-refractivity contribution in [1.29, 1.82) is 0 Å². The predicted molar refractivity (Wildman–Crippen MR) is 85.7 cm³/mol. The fraction of sp³-hybridized carbons (Fsp3) is 0.714. The van der Waals surface area contributed by atoms with E-state index >= 15 is 0 Å². The summed E-state index contributed by atoms with van der Waals surface area (Å²) in [5.74, 6) is -0.513. The van der Waals surface area contributed by atoms with Crippen molar-refractivity contribution in [2.24, 2.45) is 4.99 Å². The van der Waals surface area contributed by atoms with E-state index in [0.29, 0.717) is 0 Å². The van der Waals surface area contributed by atoms with Gasteiger partial charge in [0.05, 0.1) is 19.8 Å². The zero-order valence-electron chi connectivity index (χ0n) is 13.7. The highest BCUT2D eigenvalue weighted by atomic mass is 31.2. The van der Waals surface area contributed by atoms with E-state index in [1.807, 2.05) is 13.8 Å². The molecule has 23 heavy (non-hydrogen) atoms. The molecule has 0 heterocycles. The van der Waals surface area contributed by atoms with E-state index in [-0.39, 0.29) is 26.4 Å². The van der Waals surface area contributed by atoms with Gasteiger partial charge in [0.2, 0.25) is 6.08 Å². The van der Waals surface area contributed by atoms with Crippen molar-refractivity contribution >= 4 is 19.9 Å². The third-order valence-corrected chi connectivity index (χ3v) is 3.20. The lowest BCUT2D eigenvalue weighted by molar-refractivity contribution is -0.137. The van der Waals surface area contributed by atoms with Crippen molar-refractivity contribution in [3.63, 3.8) is 0 Å². The maximum absolute atomic E-state index is 11.1. The molecule has 0 rings (SSSR count). The summed E-state index contributed by atoms with van der Waals surface area (Å²) in [4.78, 5) is 32.0. The Labute approximate surface area is 137 Å². The Hall–Kier alpha value is -1.30. The second-order valence-corrected chi connectivity index (χ2v) is 5.64. The minimum atomic E-state index is -3.75. The lowest BCUT2D eigenvalue weighted by Gasteiger charge is -2.10. The van der Waals surface area contributed by atoms with Gasteiger partial charge in [-0.15, -0.1) is 0 Å². The molecule has 8 nitrogen and oxygen atoms in total. The summed E-state index contributed by atoms with van der Waals surface area (Å²) in [6.07, 6.45) is 5.80. The molecule has 0 aromatic carbocycles. The van der Waals surface area contributed by atoms with Crippen molar-refractivity contribution in [3.05, 3.63) is 12.7 Å². The maximum atomic E-state index is 11.1. The molecule has 0 aromatic heterocycles. The van der Waals surface area contributed by atoms with Crippen LogP contribution >= 0.6 is 7.82 Å². The summed E-state index contributed by atoms with van der Waals surface area (Å²) in [7, 11) is -3.75. The molecule has 0 amide bonds. The number of rotatable bonds is 12. The lowest BCUT2D eigenvalue weighted by Crippen LogP contribution is -2.03. The van der Waals surface area contributed by atoms with Crippen LogP contribution in [-0.2, 0) is 27.9 Å². The van der Waals surface area contributed by atoms with Gasteiger partial charge >= 0.3 is 13.8 Å². The fourth-order valence-corrected chi connectivity index (χ4v) is 1.78. The predicted octanol–water partition coefficient (Wildman–Crippen LogP) is 2.77. The third-order valence-electron chi connectivity index (χ3n) is 2.18. The van der Waals surface area contributed by atoms with Crippen molar-refractivity contribution in [1.82, 2.24) is 0 Å². The van der Waals surface area contributed by atoms with Crippen molar-refractivity contribution < 1.29 is 32.8 Å². The first kappa shape index (κ1) is 24.0. The fourth-order valence-electron chi connectivity index (χ4n) is 0.982. The molecule has 0 atom stereocenters. The second kappa shape index (κ2) is 17.1. The minimum Gasteiger partial charge on any atom is -0.461 e. The summed E-state index contributed by atoms with van der Waals surface area (Å²) >= 11 is 0. The summed E-state index contributed by atoms with van der Waals surface area (Å²) in [6.45, 7) is 7.99. The number of isocyanates is 1. The normalized spacial score (nSPS) is 10.0. The van der Waals surface area contributed by atoms with Gasteiger partial charge in [0.1, 0.15) is 6.61 Å². The van der Waals surface area contributed by atoms with Crippen LogP contribution in [0.4, 0.5) is 0 Å². The number of phosphoric ester groups is 1. The topological polar surface area (TPSA) is 111 Å². The van der Waals surface area contributed by atoms with E-state index in [1.165, 1.54) is 6.08 Å². The van der Waals surface area contributed by atoms with E-state index in [0.717, 1.165) is 31.8 Å². The van der Waals surface area contributed by atoms with Crippen LogP contribution in [0.15, 0.2) is 17.6 Å². The van der Waals surface area contributed by atoms with Gasteiger partial charge in [-0.3, -0.25) is 9.05 Å². The molecule has 0 bridgehead atoms. The van der Waals surface area contributed by atoms with Crippen LogP contribution in [0.1, 0.15) is 39.5 Å². The number of unbranched alkanes of at least 4 members (excludes halogenated alkanes) is 2. The number of esters is 1. The summed E-state index contributed by atoms with van der Waals surface area (Å²) in [6, 6.07) is 0. The van der Waals surface area contributed by atoms with Crippen LogP contribution < -0.4 is 0 Å². The van der Waals surface area contributed by atoms with Gasteiger partial charge in [-0.1, -0.05) is 33.3 Å². The van der Waals surface area contributed by atoms with Crippen molar-refractivity contribution in [2.75, 3.05) is 26.4 Å². The number of aliphatic imine (C=N–C) groups is 1. The Morgan fingerprint density at radius 1 is 1.22 bits per heavy atom. The summed E-state index contributed by atoms with van der Waals surface area (Å²) in [5, 5.41) is 0. The molecule has 0 saturated carbocycles. The Morgan fingerprint density at radius 2 is 1.74 bits per heavy atom. The number of carbonyl (C=O) groups is 1. The molecule has 9 heteroatoms.